The molecule has 0 N–H and O–H groups in total. The SMILES string of the molecule is Cn1c(=NC(=O)Cc2ccc(F)cc2)sc2cccc(Br)c21. The van der Waals surface area contributed by atoms with Crippen LogP contribution in [0.25, 0.3) is 10.2 Å². The van der Waals surface area contributed by atoms with Crippen LogP contribution in [0.3, 0.4) is 0 Å². The van der Waals surface area contributed by atoms with Gasteiger partial charge in [-0.05, 0) is 45.8 Å². The Morgan fingerprint density at radius 1 is 1.27 bits per heavy atom. The van der Waals surface area contributed by atoms with Crippen LogP contribution in [0.2, 0.25) is 0 Å². The highest BCUT2D eigenvalue weighted by Crippen LogP contribution is 2.24. The number of carbonyl (C=O) groups excluding carboxylic acids is 1. The van der Waals surface area contributed by atoms with Gasteiger partial charge in [-0.15, -0.1) is 0 Å². The molecule has 6 heteroatoms. The van der Waals surface area contributed by atoms with Crippen LogP contribution in [0.15, 0.2) is 51.9 Å². The number of nitrogens with zero attached hydrogens (tertiary/aromatic N) is 2. The van der Waals surface area contributed by atoms with Crippen LogP contribution < -0.4 is 4.80 Å². The molecule has 0 atom stereocenters. The topological polar surface area (TPSA) is 34.4 Å². The molecule has 0 bridgehead atoms. The number of para-hydroxylation sites is 1. The fourth-order valence-electron chi connectivity index (χ4n) is 2.19. The van der Waals surface area contributed by atoms with Crippen molar-refractivity contribution < 1.29 is 9.18 Å². The lowest BCUT2D eigenvalue weighted by Crippen LogP contribution is -2.14. The maximum atomic E-state index is 12.9. The Bertz CT molecular complexity index is 912. The van der Waals surface area contributed by atoms with E-state index in [9.17, 15) is 9.18 Å². The summed E-state index contributed by atoms with van der Waals surface area (Å²) >= 11 is 4.98. The monoisotopic (exact) mass is 378 g/mol. The van der Waals surface area contributed by atoms with Crippen molar-refractivity contribution in [2.24, 2.45) is 12.0 Å². The molecule has 3 rings (SSSR count). The average molecular weight is 379 g/mol. The molecule has 112 valence electrons. The van der Waals surface area contributed by atoms with E-state index < -0.39 is 0 Å². The number of aromatic nitrogens is 1. The summed E-state index contributed by atoms with van der Waals surface area (Å²) in [5, 5.41) is 0. The molecular formula is C16H12BrFN2OS. The maximum Gasteiger partial charge on any atom is 0.252 e. The van der Waals surface area contributed by atoms with Gasteiger partial charge in [-0.25, -0.2) is 4.39 Å². The first-order valence-corrected chi connectivity index (χ1v) is 8.21. The van der Waals surface area contributed by atoms with E-state index in [-0.39, 0.29) is 18.1 Å². The van der Waals surface area contributed by atoms with E-state index in [1.54, 1.807) is 12.1 Å². The zero-order chi connectivity index (χ0) is 15.7. The van der Waals surface area contributed by atoms with Crippen LogP contribution in [0, 0.1) is 5.82 Å². The molecule has 0 spiro atoms. The van der Waals surface area contributed by atoms with Crippen molar-refractivity contribution in [3.63, 3.8) is 0 Å². The molecule has 22 heavy (non-hydrogen) atoms. The van der Waals surface area contributed by atoms with Crippen LogP contribution in [-0.4, -0.2) is 10.5 Å². The van der Waals surface area contributed by atoms with E-state index in [2.05, 4.69) is 20.9 Å². The standard InChI is InChI=1S/C16H12BrFN2OS/c1-20-15-12(17)3-2-4-13(15)22-16(20)19-14(21)9-10-5-7-11(18)8-6-10/h2-8H,9H2,1H3. The van der Waals surface area contributed by atoms with E-state index in [1.807, 2.05) is 29.8 Å². The quantitative estimate of drug-likeness (QED) is 0.667. The van der Waals surface area contributed by atoms with Gasteiger partial charge < -0.3 is 4.57 Å². The highest BCUT2D eigenvalue weighted by molar-refractivity contribution is 9.10. The maximum absolute atomic E-state index is 12.9. The first-order chi connectivity index (χ1) is 10.5. The number of thiazole rings is 1. The van der Waals surface area contributed by atoms with E-state index in [1.165, 1.54) is 23.5 Å². The average Bonchev–Trinajstić information content (AvgIpc) is 2.79. The minimum atomic E-state index is -0.311. The van der Waals surface area contributed by atoms with Crippen molar-refractivity contribution >= 4 is 43.4 Å². The molecule has 0 saturated heterocycles. The second kappa shape index (κ2) is 6.14. The Morgan fingerprint density at radius 3 is 2.68 bits per heavy atom. The van der Waals surface area contributed by atoms with Gasteiger partial charge in [0, 0.05) is 11.5 Å². The zero-order valence-corrected chi connectivity index (χ0v) is 14.1. The Labute approximate surface area is 138 Å². The van der Waals surface area contributed by atoms with Crippen molar-refractivity contribution in [3.8, 4) is 0 Å². The molecule has 0 radical (unpaired) electrons. The summed E-state index contributed by atoms with van der Waals surface area (Å²) in [4.78, 5) is 16.9. The second-order valence-corrected chi connectivity index (χ2v) is 6.70. The summed E-state index contributed by atoms with van der Waals surface area (Å²) in [6.45, 7) is 0. The van der Waals surface area contributed by atoms with E-state index >= 15 is 0 Å². The normalized spacial score (nSPS) is 12.0. The van der Waals surface area contributed by atoms with Gasteiger partial charge in [-0.3, -0.25) is 4.79 Å². The van der Waals surface area contributed by atoms with Crippen LogP contribution in [0.5, 0.6) is 0 Å². The van der Waals surface area contributed by atoms with Gasteiger partial charge in [0.1, 0.15) is 5.82 Å². The summed E-state index contributed by atoms with van der Waals surface area (Å²) < 4.78 is 16.8. The fourth-order valence-corrected chi connectivity index (χ4v) is 4.01. The van der Waals surface area contributed by atoms with Crippen LogP contribution >= 0.6 is 27.3 Å². The van der Waals surface area contributed by atoms with E-state index in [4.69, 9.17) is 0 Å². The Kier molecular flexibility index (Phi) is 4.22. The lowest BCUT2D eigenvalue weighted by atomic mass is 10.1. The van der Waals surface area contributed by atoms with Gasteiger partial charge in [0.15, 0.2) is 4.80 Å². The van der Waals surface area contributed by atoms with Crippen molar-refractivity contribution in [3.05, 3.63) is 63.1 Å². The number of hydrogen-bond acceptors (Lipinski definition) is 2. The van der Waals surface area contributed by atoms with Gasteiger partial charge in [0.2, 0.25) is 0 Å². The molecule has 0 saturated carbocycles. The first-order valence-electron chi connectivity index (χ1n) is 6.60. The second-order valence-electron chi connectivity index (χ2n) is 4.84. The number of amides is 1. The minimum absolute atomic E-state index is 0.162. The summed E-state index contributed by atoms with van der Waals surface area (Å²) in [6, 6.07) is 11.8. The Morgan fingerprint density at radius 2 is 2.00 bits per heavy atom. The molecule has 3 nitrogen and oxygen atoms in total. The number of halogens is 2. The van der Waals surface area contributed by atoms with E-state index in [0.29, 0.717) is 4.80 Å². The van der Waals surface area contributed by atoms with Gasteiger partial charge in [-0.1, -0.05) is 29.5 Å². The molecule has 0 aliphatic heterocycles. The molecule has 0 aliphatic carbocycles. The van der Waals surface area contributed by atoms with Crippen molar-refractivity contribution in [2.75, 3.05) is 0 Å². The molecule has 3 aromatic rings. The van der Waals surface area contributed by atoms with Crippen molar-refractivity contribution in [1.29, 1.82) is 0 Å². The first kappa shape index (κ1) is 15.1. The third-order valence-corrected chi connectivity index (χ3v) is 5.00. The number of fused-ring (bicyclic) bond motifs is 1. The molecule has 1 heterocycles. The molecule has 1 aromatic heterocycles. The van der Waals surface area contributed by atoms with Crippen LogP contribution in [0.1, 0.15) is 5.56 Å². The van der Waals surface area contributed by atoms with E-state index in [0.717, 1.165) is 20.3 Å². The molecule has 0 fully saturated rings. The summed E-state index contributed by atoms with van der Waals surface area (Å²) in [5.74, 6) is -0.557. The number of rotatable bonds is 2. The number of carbonyl (C=O) groups is 1. The smallest absolute Gasteiger partial charge is 0.252 e. The minimum Gasteiger partial charge on any atom is -0.318 e. The molecule has 1 amide bonds. The lowest BCUT2D eigenvalue weighted by molar-refractivity contribution is -0.117. The highest BCUT2D eigenvalue weighted by atomic mass is 79.9. The van der Waals surface area contributed by atoms with Crippen LogP contribution in [0.4, 0.5) is 4.39 Å². The van der Waals surface area contributed by atoms with Gasteiger partial charge in [0.25, 0.3) is 5.91 Å². The molecular weight excluding hydrogens is 367 g/mol. The van der Waals surface area contributed by atoms with Crippen LogP contribution in [-0.2, 0) is 18.3 Å². The number of hydrogen-bond donors (Lipinski definition) is 0. The predicted molar refractivity (Wildman–Crippen MR) is 89.2 cm³/mol. The van der Waals surface area contributed by atoms with Gasteiger partial charge in [-0.2, -0.15) is 4.99 Å². The Hall–Kier alpha value is -1.79. The molecule has 0 unspecified atom stereocenters. The third-order valence-electron chi connectivity index (χ3n) is 3.26. The van der Waals surface area contributed by atoms with Gasteiger partial charge in [0.05, 0.1) is 16.6 Å². The van der Waals surface area contributed by atoms with Gasteiger partial charge >= 0.3 is 0 Å². The molecule has 2 aromatic carbocycles. The zero-order valence-electron chi connectivity index (χ0n) is 11.7. The highest BCUT2D eigenvalue weighted by Gasteiger charge is 2.08. The molecule has 0 aliphatic rings. The van der Waals surface area contributed by atoms with Crippen molar-refractivity contribution in [2.45, 2.75) is 6.42 Å². The third kappa shape index (κ3) is 3.03. The largest absolute Gasteiger partial charge is 0.318 e. The number of benzene rings is 2. The fraction of sp³-hybridized carbons (Fsp3) is 0.125. The Balaban J connectivity index is 1.94. The number of aryl methyl sites for hydroxylation is 1. The lowest BCUT2D eigenvalue weighted by Gasteiger charge is -1.98. The van der Waals surface area contributed by atoms with Crippen molar-refractivity contribution in [1.82, 2.24) is 4.57 Å². The predicted octanol–water partition coefficient (Wildman–Crippen LogP) is 3.81. The summed E-state index contributed by atoms with van der Waals surface area (Å²) in [7, 11) is 1.88. The summed E-state index contributed by atoms with van der Waals surface area (Å²) in [6.07, 6.45) is 0.162. The summed E-state index contributed by atoms with van der Waals surface area (Å²) in [5.41, 5.74) is 1.76.